The van der Waals surface area contributed by atoms with E-state index in [2.05, 4.69) is 0 Å². The van der Waals surface area contributed by atoms with Gasteiger partial charge in [-0.1, -0.05) is 24.3 Å². The summed E-state index contributed by atoms with van der Waals surface area (Å²) in [5.74, 6) is 1.13. The van der Waals surface area contributed by atoms with Gasteiger partial charge in [0.15, 0.2) is 0 Å². The second kappa shape index (κ2) is 5.75. The summed E-state index contributed by atoms with van der Waals surface area (Å²) in [5, 5.41) is 18.3. The lowest BCUT2D eigenvalue weighted by Crippen LogP contribution is -1.83. The fourth-order valence-corrected chi connectivity index (χ4v) is 2.35. The maximum atomic E-state index is 9.34. The van der Waals surface area contributed by atoms with Crippen molar-refractivity contribution in [2.75, 3.05) is 0 Å². The first-order valence-electron chi connectivity index (χ1n) is 5.38. The molecule has 0 aliphatic carbocycles. The van der Waals surface area contributed by atoms with Crippen LogP contribution in [0.3, 0.4) is 0 Å². The van der Waals surface area contributed by atoms with E-state index in [1.54, 1.807) is 23.9 Å². The Morgan fingerprint density at radius 1 is 0.941 bits per heavy atom. The minimum Gasteiger partial charge on any atom is -0.508 e. The highest BCUT2D eigenvalue weighted by Gasteiger charge is 1.98. The van der Waals surface area contributed by atoms with Gasteiger partial charge < -0.3 is 10.2 Å². The molecule has 2 rings (SSSR count). The molecular formula is C14H14O2S. The molecule has 0 amide bonds. The van der Waals surface area contributed by atoms with Gasteiger partial charge in [-0.25, -0.2) is 0 Å². The van der Waals surface area contributed by atoms with Crippen LogP contribution in [-0.4, -0.2) is 10.2 Å². The fourth-order valence-electron chi connectivity index (χ4n) is 1.50. The Bertz CT molecular complexity index is 480. The first kappa shape index (κ1) is 12.0. The fraction of sp³-hybridized carbons (Fsp3) is 0.143. The quantitative estimate of drug-likeness (QED) is 0.814. The number of aromatic hydroxyl groups is 1. The second-order valence-electron chi connectivity index (χ2n) is 3.76. The van der Waals surface area contributed by atoms with Gasteiger partial charge in [0.1, 0.15) is 5.75 Å². The number of benzene rings is 2. The molecule has 2 aromatic rings. The van der Waals surface area contributed by atoms with E-state index in [1.165, 1.54) is 0 Å². The summed E-state index contributed by atoms with van der Waals surface area (Å²) in [7, 11) is 0. The van der Waals surface area contributed by atoms with E-state index in [0.29, 0.717) is 5.75 Å². The highest BCUT2D eigenvalue weighted by Crippen LogP contribution is 2.24. The van der Waals surface area contributed by atoms with Crippen molar-refractivity contribution >= 4 is 11.8 Å². The smallest absolute Gasteiger partial charge is 0.115 e. The van der Waals surface area contributed by atoms with Gasteiger partial charge in [-0.2, -0.15) is 0 Å². The van der Waals surface area contributed by atoms with E-state index in [-0.39, 0.29) is 6.61 Å². The van der Waals surface area contributed by atoms with Crippen molar-refractivity contribution in [2.45, 2.75) is 17.3 Å². The lowest BCUT2D eigenvalue weighted by molar-refractivity contribution is 0.282. The second-order valence-corrected chi connectivity index (χ2v) is 4.81. The standard InChI is InChI=1S/C14H14O2S/c15-9-11-4-6-14(7-5-11)17-10-12-2-1-3-13(16)8-12/h1-8,15-16H,9-10H2. The molecule has 0 spiro atoms. The number of phenolic OH excluding ortho intramolecular Hbond substituents is 1. The third kappa shape index (κ3) is 3.51. The summed E-state index contributed by atoms with van der Waals surface area (Å²) in [4.78, 5) is 1.16. The van der Waals surface area contributed by atoms with Crippen LogP contribution < -0.4 is 0 Å². The molecule has 0 aliphatic rings. The zero-order chi connectivity index (χ0) is 12.1. The number of thioether (sulfide) groups is 1. The molecule has 0 fully saturated rings. The minimum atomic E-state index is 0.0809. The van der Waals surface area contributed by atoms with Gasteiger partial charge in [-0.15, -0.1) is 11.8 Å². The molecule has 0 saturated carbocycles. The topological polar surface area (TPSA) is 40.5 Å². The van der Waals surface area contributed by atoms with Crippen molar-refractivity contribution in [2.24, 2.45) is 0 Å². The van der Waals surface area contributed by atoms with E-state index in [9.17, 15) is 5.11 Å². The molecule has 2 nitrogen and oxygen atoms in total. The molecule has 0 atom stereocenters. The number of rotatable bonds is 4. The van der Waals surface area contributed by atoms with Crippen molar-refractivity contribution < 1.29 is 10.2 Å². The molecule has 0 aliphatic heterocycles. The van der Waals surface area contributed by atoms with Gasteiger partial charge in [0.2, 0.25) is 0 Å². The lowest BCUT2D eigenvalue weighted by atomic mass is 10.2. The van der Waals surface area contributed by atoms with E-state index in [0.717, 1.165) is 21.8 Å². The van der Waals surface area contributed by atoms with Crippen LogP contribution in [0, 0.1) is 0 Å². The van der Waals surface area contributed by atoms with Gasteiger partial charge >= 0.3 is 0 Å². The number of hydrogen-bond donors (Lipinski definition) is 2. The van der Waals surface area contributed by atoms with Crippen LogP contribution in [0.2, 0.25) is 0 Å². The molecule has 17 heavy (non-hydrogen) atoms. The highest BCUT2D eigenvalue weighted by atomic mass is 32.2. The van der Waals surface area contributed by atoms with Crippen LogP contribution in [0.25, 0.3) is 0 Å². The number of aliphatic hydroxyl groups excluding tert-OH is 1. The first-order valence-corrected chi connectivity index (χ1v) is 6.37. The van der Waals surface area contributed by atoms with Gasteiger partial charge in [0.05, 0.1) is 6.61 Å². The third-order valence-electron chi connectivity index (χ3n) is 2.42. The number of aliphatic hydroxyl groups is 1. The number of hydrogen-bond acceptors (Lipinski definition) is 3. The van der Waals surface area contributed by atoms with Crippen LogP contribution in [0.15, 0.2) is 53.4 Å². The Labute approximate surface area is 105 Å². The first-order chi connectivity index (χ1) is 8.28. The summed E-state index contributed by atoms with van der Waals surface area (Å²) in [6, 6.07) is 15.1. The summed E-state index contributed by atoms with van der Waals surface area (Å²) >= 11 is 1.71. The van der Waals surface area contributed by atoms with Crippen molar-refractivity contribution in [1.82, 2.24) is 0 Å². The largest absolute Gasteiger partial charge is 0.508 e. The molecule has 0 heterocycles. The zero-order valence-electron chi connectivity index (χ0n) is 9.34. The van der Waals surface area contributed by atoms with Crippen LogP contribution in [0.5, 0.6) is 5.75 Å². The predicted molar refractivity (Wildman–Crippen MR) is 70.0 cm³/mol. The maximum absolute atomic E-state index is 9.34. The molecule has 2 N–H and O–H groups in total. The monoisotopic (exact) mass is 246 g/mol. The summed E-state index contributed by atoms with van der Waals surface area (Å²) < 4.78 is 0. The van der Waals surface area contributed by atoms with Gasteiger partial charge in [-0.05, 0) is 35.4 Å². The highest BCUT2D eigenvalue weighted by molar-refractivity contribution is 7.98. The summed E-state index contributed by atoms with van der Waals surface area (Å²) in [6.07, 6.45) is 0. The molecule has 0 saturated heterocycles. The van der Waals surface area contributed by atoms with Crippen LogP contribution in [0.4, 0.5) is 0 Å². The lowest BCUT2D eigenvalue weighted by Gasteiger charge is -2.03. The van der Waals surface area contributed by atoms with Crippen LogP contribution >= 0.6 is 11.8 Å². The molecule has 2 aromatic carbocycles. The van der Waals surface area contributed by atoms with Gasteiger partial charge in [0.25, 0.3) is 0 Å². The molecule has 0 unspecified atom stereocenters. The average Bonchev–Trinajstić information content (AvgIpc) is 2.37. The normalized spacial score (nSPS) is 10.4. The van der Waals surface area contributed by atoms with Crippen molar-refractivity contribution in [3.8, 4) is 5.75 Å². The molecule has 0 aromatic heterocycles. The zero-order valence-corrected chi connectivity index (χ0v) is 10.2. The van der Waals surface area contributed by atoms with E-state index in [4.69, 9.17) is 5.11 Å². The van der Waals surface area contributed by atoms with E-state index in [1.807, 2.05) is 36.4 Å². The number of phenols is 1. The maximum Gasteiger partial charge on any atom is 0.115 e. The van der Waals surface area contributed by atoms with Crippen LogP contribution in [-0.2, 0) is 12.4 Å². The molecule has 0 radical (unpaired) electrons. The third-order valence-corrected chi connectivity index (χ3v) is 3.51. The molecular weight excluding hydrogens is 232 g/mol. The summed E-state index contributed by atoms with van der Waals surface area (Å²) in [6.45, 7) is 0.0809. The van der Waals surface area contributed by atoms with Crippen molar-refractivity contribution in [1.29, 1.82) is 0 Å². The Morgan fingerprint density at radius 2 is 1.71 bits per heavy atom. The molecule has 3 heteroatoms. The molecule has 0 bridgehead atoms. The molecule has 88 valence electrons. The summed E-state index contributed by atoms with van der Waals surface area (Å²) in [5.41, 5.74) is 2.02. The Balaban J connectivity index is 1.97. The average molecular weight is 246 g/mol. The van der Waals surface area contributed by atoms with Crippen molar-refractivity contribution in [3.05, 3.63) is 59.7 Å². The van der Waals surface area contributed by atoms with Gasteiger partial charge in [0, 0.05) is 10.6 Å². The van der Waals surface area contributed by atoms with Gasteiger partial charge in [-0.3, -0.25) is 0 Å². The predicted octanol–water partition coefficient (Wildman–Crippen LogP) is 3.18. The minimum absolute atomic E-state index is 0.0809. The van der Waals surface area contributed by atoms with Crippen molar-refractivity contribution in [3.63, 3.8) is 0 Å². The SMILES string of the molecule is OCc1ccc(SCc2cccc(O)c2)cc1. The Hall–Kier alpha value is -1.45. The Morgan fingerprint density at radius 3 is 2.35 bits per heavy atom. The van der Waals surface area contributed by atoms with Crippen LogP contribution in [0.1, 0.15) is 11.1 Å². The van der Waals surface area contributed by atoms with E-state index >= 15 is 0 Å². The Kier molecular flexibility index (Phi) is 4.07. The van der Waals surface area contributed by atoms with E-state index < -0.39 is 0 Å².